The van der Waals surface area contributed by atoms with E-state index in [9.17, 15) is 4.79 Å². The number of carbonyl (C=O) groups excluding carboxylic acids is 1. The third kappa shape index (κ3) is 3.52. The van der Waals surface area contributed by atoms with Gasteiger partial charge in [-0.3, -0.25) is 10.6 Å². The number of halogens is 1. The van der Waals surface area contributed by atoms with Gasteiger partial charge in [-0.05, 0) is 34.1 Å². The number of rotatable bonds is 4. The summed E-state index contributed by atoms with van der Waals surface area (Å²) in [5.74, 6) is 5.13. The number of aromatic nitrogens is 1. The topological polar surface area (TPSA) is 71.2 Å². The summed E-state index contributed by atoms with van der Waals surface area (Å²) in [6.07, 6.45) is 1.53. The first-order valence-electron chi connectivity index (χ1n) is 5.51. The van der Waals surface area contributed by atoms with Crippen molar-refractivity contribution in [3.8, 4) is 0 Å². The van der Waals surface area contributed by atoms with E-state index in [0.717, 1.165) is 9.35 Å². The first-order valence-corrected chi connectivity index (χ1v) is 7.18. The second-order valence-electron chi connectivity index (χ2n) is 3.97. The highest BCUT2D eigenvalue weighted by atomic mass is 79.9. The number of anilines is 1. The Hall–Kier alpha value is -1.44. The molecule has 0 spiro atoms. The third-order valence-corrected chi connectivity index (χ3v) is 4.19. The fourth-order valence-electron chi connectivity index (χ4n) is 1.54. The van der Waals surface area contributed by atoms with Crippen molar-refractivity contribution in [2.75, 3.05) is 12.5 Å². The van der Waals surface area contributed by atoms with Crippen LogP contribution in [0, 0.1) is 0 Å². The molecule has 19 heavy (non-hydrogen) atoms. The highest BCUT2D eigenvalue weighted by molar-refractivity contribution is 9.10. The van der Waals surface area contributed by atoms with Crippen LogP contribution in [0.25, 0.3) is 0 Å². The molecule has 0 aliphatic heterocycles. The van der Waals surface area contributed by atoms with Crippen molar-refractivity contribution >= 4 is 38.9 Å². The molecular weight excluding hydrogens is 328 g/mol. The molecule has 2 heterocycles. The van der Waals surface area contributed by atoms with Gasteiger partial charge in [0.1, 0.15) is 5.69 Å². The maximum atomic E-state index is 12.2. The maximum Gasteiger partial charge on any atom is 0.272 e. The molecule has 1 amide bonds. The number of hydrogen-bond acceptors (Lipinski definition) is 5. The first kappa shape index (κ1) is 14.0. The van der Waals surface area contributed by atoms with Crippen LogP contribution in [0.5, 0.6) is 0 Å². The molecule has 2 aromatic rings. The van der Waals surface area contributed by atoms with Gasteiger partial charge >= 0.3 is 0 Å². The largest absolute Gasteiger partial charge is 0.335 e. The van der Waals surface area contributed by atoms with Crippen molar-refractivity contribution in [2.45, 2.75) is 6.54 Å². The van der Waals surface area contributed by atoms with Gasteiger partial charge in [0.25, 0.3) is 5.91 Å². The van der Waals surface area contributed by atoms with Gasteiger partial charge in [-0.15, -0.1) is 11.3 Å². The van der Waals surface area contributed by atoms with Gasteiger partial charge in [0.05, 0.1) is 18.4 Å². The lowest BCUT2D eigenvalue weighted by Gasteiger charge is -2.15. The molecule has 0 atom stereocenters. The van der Waals surface area contributed by atoms with Crippen molar-refractivity contribution in [3.05, 3.63) is 44.8 Å². The number of nitrogen functional groups attached to an aromatic ring is 1. The summed E-state index contributed by atoms with van der Waals surface area (Å²) in [6, 6.07) is 5.37. The van der Waals surface area contributed by atoms with E-state index in [2.05, 4.69) is 26.3 Å². The number of nitrogens with zero attached hydrogens (tertiary/aromatic N) is 2. The molecule has 2 aromatic heterocycles. The van der Waals surface area contributed by atoms with E-state index in [-0.39, 0.29) is 5.91 Å². The van der Waals surface area contributed by atoms with E-state index in [4.69, 9.17) is 5.84 Å². The number of hydrazine groups is 1. The zero-order chi connectivity index (χ0) is 13.8. The van der Waals surface area contributed by atoms with Crippen LogP contribution in [0.3, 0.4) is 0 Å². The molecule has 0 fully saturated rings. The van der Waals surface area contributed by atoms with E-state index < -0.39 is 0 Å². The lowest BCUT2D eigenvalue weighted by molar-refractivity contribution is 0.0780. The Kier molecular flexibility index (Phi) is 4.52. The molecular formula is C12H13BrN4OS. The Balaban J connectivity index is 2.05. The Labute approximate surface area is 123 Å². The quantitative estimate of drug-likeness (QED) is 0.662. The second kappa shape index (κ2) is 6.14. The van der Waals surface area contributed by atoms with Crippen LogP contribution in [0.2, 0.25) is 0 Å². The van der Waals surface area contributed by atoms with Crippen LogP contribution >= 0.6 is 27.3 Å². The van der Waals surface area contributed by atoms with Gasteiger partial charge in [0, 0.05) is 21.8 Å². The summed E-state index contributed by atoms with van der Waals surface area (Å²) in [5, 5.41) is 1.99. The van der Waals surface area contributed by atoms with E-state index in [0.29, 0.717) is 17.9 Å². The fraction of sp³-hybridized carbons (Fsp3) is 0.167. The highest BCUT2D eigenvalue weighted by Crippen LogP contribution is 2.21. The summed E-state index contributed by atoms with van der Waals surface area (Å²) in [4.78, 5) is 19.0. The van der Waals surface area contributed by atoms with E-state index in [1.165, 1.54) is 6.20 Å². The average Bonchev–Trinajstić information content (AvgIpc) is 2.83. The Bertz CT molecular complexity index is 569. The number of carbonyl (C=O) groups is 1. The first-order chi connectivity index (χ1) is 9.10. The number of hydrogen-bond donors (Lipinski definition) is 2. The highest BCUT2D eigenvalue weighted by Gasteiger charge is 2.14. The average molecular weight is 341 g/mol. The lowest BCUT2D eigenvalue weighted by Crippen LogP contribution is -2.26. The van der Waals surface area contributed by atoms with Gasteiger partial charge in [-0.1, -0.05) is 0 Å². The number of pyridine rings is 1. The number of amides is 1. The van der Waals surface area contributed by atoms with E-state index in [1.807, 2.05) is 11.4 Å². The predicted octanol–water partition coefficient (Wildman–Crippen LogP) is 2.46. The molecule has 0 saturated carbocycles. The van der Waals surface area contributed by atoms with Gasteiger partial charge in [0.2, 0.25) is 0 Å². The molecule has 7 heteroatoms. The summed E-state index contributed by atoms with van der Waals surface area (Å²) >= 11 is 5.00. The minimum Gasteiger partial charge on any atom is -0.335 e. The Morgan fingerprint density at radius 3 is 2.89 bits per heavy atom. The zero-order valence-corrected chi connectivity index (χ0v) is 12.7. The van der Waals surface area contributed by atoms with Crippen LogP contribution in [0.15, 0.2) is 34.2 Å². The summed E-state index contributed by atoms with van der Waals surface area (Å²) in [7, 11) is 1.76. The molecule has 5 nitrogen and oxygen atoms in total. The van der Waals surface area contributed by atoms with Crippen molar-refractivity contribution in [1.29, 1.82) is 0 Å². The molecule has 0 radical (unpaired) electrons. The van der Waals surface area contributed by atoms with Crippen LogP contribution in [-0.2, 0) is 6.54 Å². The summed E-state index contributed by atoms with van der Waals surface area (Å²) in [5.41, 5.74) is 3.54. The Morgan fingerprint density at radius 1 is 1.58 bits per heavy atom. The SMILES string of the molecule is CN(Cc1cc(Br)cs1)C(=O)c1ccc(NN)cn1. The molecule has 0 aliphatic rings. The molecule has 3 N–H and O–H groups in total. The number of nitrogens with one attached hydrogen (secondary N) is 1. The second-order valence-corrected chi connectivity index (χ2v) is 5.88. The summed E-state index contributed by atoms with van der Waals surface area (Å²) < 4.78 is 1.03. The molecule has 0 unspecified atom stereocenters. The molecule has 0 aliphatic carbocycles. The van der Waals surface area contributed by atoms with Gasteiger partial charge in [-0.2, -0.15) is 0 Å². The predicted molar refractivity (Wildman–Crippen MR) is 79.9 cm³/mol. The van der Waals surface area contributed by atoms with Crippen molar-refractivity contribution < 1.29 is 4.79 Å². The molecule has 0 aromatic carbocycles. The Morgan fingerprint density at radius 2 is 2.37 bits per heavy atom. The van der Waals surface area contributed by atoms with Gasteiger partial charge < -0.3 is 10.3 Å². The van der Waals surface area contributed by atoms with Crippen LogP contribution in [-0.4, -0.2) is 22.8 Å². The van der Waals surface area contributed by atoms with Crippen molar-refractivity contribution in [1.82, 2.24) is 9.88 Å². The third-order valence-electron chi connectivity index (χ3n) is 2.51. The van der Waals surface area contributed by atoms with E-state index in [1.54, 1.807) is 35.4 Å². The fourth-order valence-corrected chi connectivity index (χ4v) is 3.05. The normalized spacial score (nSPS) is 10.3. The smallest absolute Gasteiger partial charge is 0.272 e. The zero-order valence-electron chi connectivity index (χ0n) is 10.3. The van der Waals surface area contributed by atoms with Crippen molar-refractivity contribution in [3.63, 3.8) is 0 Å². The van der Waals surface area contributed by atoms with Gasteiger partial charge in [0.15, 0.2) is 0 Å². The minimum absolute atomic E-state index is 0.118. The molecule has 100 valence electrons. The standard InChI is InChI=1S/C12H13BrN4OS/c1-17(6-10-4-8(13)7-19-10)12(18)11-3-2-9(16-14)5-15-11/h2-5,7,16H,6,14H2,1H3. The monoisotopic (exact) mass is 340 g/mol. The number of thiophene rings is 1. The summed E-state index contributed by atoms with van der Waals surface area (Å²) in [6.45, 7) is 0.563. The van der Waals surface area contributed by atoms with Crippen LogP contribution in [0.4, 0.5) is 5.69 Å². The molecule has 2 rings (SSSR count). The number of nitrogens with two attached hydrogens (primary N) is 1. The van der Waals surface area contributed by atoms with Gasteiger partial charge in [-0.25, -0.2) is 4.98 Å². The van der Waals surface area contributed by atoms with E-state index >= 15 is 0 Å². The minimum atomic E-state index is -0.118. The lowest BCUT2D eigenvalue weighted by atomic mass is 10.3. The maximum absolute atomic E-state index is 12.2. The van der Waals surface area contributed by atoms with Crippen LogP contribution in [0.1, 0.15) is 15.4 Å². The van der Waals surface area contributed by atoms with Crippen LogP contribution < -0.4 is 11.3 Å². The molecule has 0 saturated heterocycles. The van der Waals surface area contributed by atoms with Crippen molar-refractivity contribution in [2.24, 2.45) is 5.84 Å². The molecule has 0 bridgehead atoms.